The Morgan fingerprint density at radius 3 is 3.12 bits per heavy atom. The van der Waals surface area contributed by atoms with Crippen LogP contribution < -0.4 is 5.32 Å². The minimum absolute atomic E-state index is 0.758. The molecule has 0 spiro atoms. The van der Waals surface area contributed by atoms with Crippen molar-refractivity contribution in [1.29, 1.82) is 0 Å². The Balaban J connectivity index is 2.28. The highest BCUT2D eigenvalue weighted by Gasteiger charge is 2.04. The maximum atomic E-state index is 4.36. The number of aromatic nitrogens is 3. The summed E-state index contributed by atoms with van der Waals surface area (Å²) in [6, 6.07) is 0. The Kier molecular flexibility index (Phi) is 3.24. The molecule has 0 aliphatic rings. The van der Waals surface area contributed by atoms with Crippen molar-refractivity contribution >= 4 is 27.4 Å². The van der Waals surface area contributed by atoms with E-state index in [9.17, 15) is 0 Å². The van der Waals surface area contributed by atoms with E-state index in [1.165, 1.54) is 5.57 Å². The topological polar surface area (TPSA) is 42.2 Å². The number of rotatable bonds is 3. The molecule has 0 bridgehead atoms. The van der Waals surface area contributed by atoms with E-state index < -0.39 is 0 Å². The van der Waals surface area contributed by atoms with Gasteiger partial charge in [0.05, 0.1) is 0 Å². The first-order valence-corrected chi connectivity index (χ1v) is 5.82. The number of hydrogen-bond acceptors (Lipinski definition) is 3. The second-order valence-electron chi connectivity index (χ2n) is 3.73. The van der Waals surface area contributed by atoms with Crippen molar-refractivity contribution in [3.05, 3.63) is 34.8 Å². The summed E-state index contributed by atoms with van der Waals surface area (Å²) in [7, 11) is 0. The molecule has 0 atom stereocenters. The maximum Gasteiger partial charge on any atom is 0.180 e. The smallest absolute Gasteiger partial charge is 0.180 e. The van der Waals surface area contributed by atoms with E-state index in [4.69, 9.17) is 0 Å². The van der Waals surface area contributed by atoms with Gasteiger partial charge in [-0.3, -0.25) is 0 Å². The zero-order valence-electron chi connectivity index (χ0n) is 9.24. The molecule has 0 aliphatic heterocycles. The number of imidazole rings is 1. The number of anilines is 1. The highest BCUT2D eigenvalue weighted by molar-refractivity contribution is 9.10. The van der Waals surface area contributed by atoms with Crippen LogP contribution in [0, 0.1) is 0 Å². The lowest BCUT2D eigenvalue weighted by Crippen LogP contribution is -2.04. The van der Waals surface area contributed by atoms with Crippen LogP contribution in [0.3, 0.4) is 0 Å². The summed E-state index contributed by atoms with van der Waals surface area (Å²) in [4.78, 5) is 8.62. The summed E-state index contributed by atoms with van der Waals surface area (Å²) in [5.74, 6) is 0.789. The predicted molar refractivity (Wildman–Crippen MR) is 68.6 cm³/mol. The van der Waals surface area contributed by atoms with Gasteiger partial charge < -0.3 is 9.72 Å². The van der Waals surface area contributed by atoms with E-state index in [-0.39, 0.29) is 0 Å². The highest BCUT2D eigenvalue weighted by Crippen LogP contribution is 2.16. The first-order chi connectivity index (χ1) is 7.66. The van der Waals surface area contributed by atoms with Gasteiger partial charge in [0, 0.05) is 25.1 Å². The van der Waals surface area contributed by atoms with Gasteiger partial charge in [0.2, 0.25) is 0 Å². The normalized spacial score (nSPS) is 10.4. The fourth-order valence-corrected chi connectivity index (χ4v) is 1.77. The molecule has 4 nitrogen and oxygen atoms in total. The molecule has 0 unspecified atom stereocenters. The average molecular weight is 281 g/mol. The van der Waals surface area contributed by atoms with Crippen molar-refractivity contribution in [2.75, 3.05) is 11.9 Å². The number of halogens is 1. The SMILES string of the molecule is CC(C)=CCNc1nc(Br)cn2ccnc12. The Morgan fingerprint density at radius 2 is 2.38 bits per heavy atom. The van der Waals surface area contributed by atoms with Gasteiger partial charge in [0.15, 0.2) is 11.5 Å². The Labute approximate surface area is 103 Å². The van der Waals surface area contributed by atoms with Gasteiger partial charge in [0.25, 0.3) is 0 Å². The molecule has 0 aromatic carbocycles. The van der Waals surface area contributed by atoms with Crippen LogP contribution in [-0.2, 0) is 0 Å². The van der Waals surface area contributed by atoms with Gasteiger partial charge in [-0.2, -0.15) is 0 Å². The van der Waals surface area contributed by atoms with Crippen LogP contribution in [0.1, 0.15) is 13.8 Å². The molecule has 2 aromatic rings. The quantitative estimate of drug-likeness (QED) is 0.880. The van der Waals surface area contributed by atoms with Gasteiger partial charge in [-0.25, -0.2) is 9.97 Å². The fraction of sp³-hybridized carbons (Fsp3) is 0.273. The van der Waals surface area contributed by atoms with E-state index in [1.54, 1.807) is 6.20 Å². The minimum Gasteiger partial charge on any atom is -0.363 e. The highest BCUT2D eigenvalue weighted by atomic mass is 79.9. The standard InChI is InChI=1S/C11H13BrN4/c1-8(2)3-4-13-10-11-14-5-6-16(11)7-9(12)15-10/h3,5-7H,4H2,1-2H3,(H,13,15). The van der Waals surface area contributed by atoms with Gasteiger partial charge in [-0.05, 0) is 29.8 Å². The van der Waals surface area contributed by atoms with Crippen LogP contribution in [-0.4, -0.2) is 20.9 Å². The van der Waals surface area contributed by atoms with Crippen LogP contribution in [0.2, 0.25) is 0 Å². The number of allylic oxidation sites excluding steroid dienone is 1. The number of fused-ring (bicyclic) bond motifs is 1. The fourth-order valence-electron chi connectivity index (χ4n) is 1.37. The first-order valence-electron chi connectivity index (χ1n) is 5.03. The lowest BCUT2D eigenvalue weighted by atomic mass is 10.3. The van der Waals surface area contributed by atoms with Crippen LogP contribution in [0.25, 0.3) is 5.65 Å². The summed E-state index contributed by atoms with van der Waals surface area (Å²) in [6.07, 6.45) is 7.65. The third-order valence-corrected chi connectivity index (χ3v) is 2.51. The van der Waals surface area contributed by atoms with E-state index in [0.29, 0.717) is 0 Å². The summed E-state index contributed by atoms with van der Waals surface area (Å²) in [6.45, 7) is 4.90. The van der Waals surface area contributed by atoms with Crippen LogP contribution >= 0.6 is 15.9 Å². The van der Waals surface area contributed by atoms with Crippen molar-refractivity contribution in [2.24, 2.45) is 0 Å². The molecule has 2 aromatic heterocycles. The molecule has 5 heteroatoms. The zero-order valence-corrected chi connectivity index (χ0v) is 10.8. The third-order valence-electron chi connectivity index (χ3n) is 2.12. The molecular formula is C11H13BrN4. The molecule has 2 heterocycles. The van der Waals surface area contributed by atoms with Crippen molar-refractivity contribution in [3.63, 3.8) is 0 Å². The third kappa shape index (κ3) is 2.41. The predicted octanol–water partition coefficient (Wildman–Crippen LogP) is 2.87. The Hall–Kier alpha value is -1.36. The van der Waals surface area contributed by atoms with E-state index >= 15 is 0 Å². The van der Waals surface area contributed by atoms with Gasteiger partial charge in [-0.1, -0.05) is 11.6 Å². The largest absolute Gasteiger partial charge is 0.363 e. The maximum absolute atomic E-state index is 4.36. The molecule has 0 saturated carbocycles. The van der Waals surface area contributed by atoms with Gasteiger partial charge in [0.1, 0.15) is 4.60 Å². The molecule has 2 rings (SSSR count). The molecule has 1 N–H and O–H groups in total. The second-order valence-corrected chi connectivity index (χ2v) is 4.55. The molecule has 0 aliphatic carbocycles. The molecule has 0 radical (unpaired) electrons. The first kappa shape index (κ1) is 11.1. The van der Waals surface area contributed by atoms with E-state index in [2.05, 4.69) is 51.1 Å². The second kappa shape index (κ2) is 4.65. The van der Waals surface area contributed by atoms with E-state index in [1.807, 2.05) is 16.8 Å². The van der Waals surface area contributed by atoms with E-state index in [0.717, 1.165) is 22.6 Å². The number of nitrogens with zero attached hydrogens (tertiary/aromatic N) is 3. The molecular weight excluding hydrogens is 268 g/mol. The van der Waals surface area contributed by atoms with Crippen molar-refractivity contribution < 1.29 is 0 Å². The monoisotopic (exact) mass is 280 g/mol. The number of nitrogens with one attached hydrogen (secondary N) is 1. The molecule has 0 saturated heterocycles. The van der Waals surface area contributed by atoms with Crippen molar-refractivity contribution in [3.8, 4) is 0 Å². The molecule has 16 heavy (non-hydrogen) atoms. The number of hydrogen-bond donors (Lipinski definition) is 1. The van der Waals surface area contributed by atoms with Crippen LogP contribution in [0.15, 0.2) is 34.8 Å². The summed E-state index contributed by atoms with van der Waals surface area (Å²) in [5, 5.41) is 3.25. The van der Waals surface area contributed by atoms with Gasteiger partial charge >= 0.3 is 0 Å². The van der Waals surface area contributed by atoms with Crippen LogP contribution in [0.4, 0.5) is 5.82 Å². The summed E-state index contributed by atoms with van der Waals surface area (Å²) >= 11 is 3.37. The van der Waals surface area contributed by atoms with Crippen molar-refractivity contribution in [1.82, 2.24) is 14.4 Å². The van der Waals surface area contributed by atoms with Crippen LogP contribution in [0.5, 0.6) is 0 Å². The molecule has 0 fully saturated rings. The Bertz CT molecular complexity index is 526. The molecule has 84 valence electrons. The average Bonchev–Trinajstić information content (AvgIpc) is 2.64. The Morgan fingerprint density at radius 1 is 1.56 bits per heavy atom. The lowest BCUT2D eigenvalue weighted by Gasteiger charge is -2.05. The lowest BCUT2D eigenvalue weighted by molar-refractivity contribution is 1.08. The summed E-state index contributed by atoms with van der Waals surface area (Å²) in [5.41, 5.74) is 2.12. The summed E-state index contributed by atoms with van der Waals surface area (Å²) < 4.78 is 2.72. The minimum atomic E-state index is 0.758. The van der Waals surface area contributed by atoms with Gasteiger partial charge in [-0.15, -0.1) is 0 Å². The van der Waals surface area contributed by atoms with Crippen molar-refractivity contribution in [2.45, 2.75) is 13.8 Å². The zero-order chi connectivity index (χ0) is 11.5. The molecule has 0 amide bonds.